The number of rotatable bonds is 5. The number of thiophene rings is 1. The van der Waals surface area contributed by atoms with Gasteiger partial charge in [-0.15, -0.1) is 11.3 Å². The Kier molecular flexibility index (Phi) is 4.79. The molecule has 3 nitrogen and oxygen atoms in total. The highest BCUT2D eigenvalue weighted by Crippen LogP contribution is 2.20. The third kappa shape index (κ3) is 3.61. The van der Waals surface area contributed by atoms with Crippen LogP contribution in [0.1, 0.15) is 29.0 Å². The molecule has 4 heteroatoms. The first-order valence-electron chi connectivity index (χ1n) is 6.71. The molecule has 0 saturated heterocycles. The van der Waals surface area contributed by atoms with Crippen LogP contribution in [-0.4, -0.2) is 12.5 Å². The topological polar surface area (TPSA) is 41.1 Å². The lowest BCUT2D eigenvalue weighted by Gasteiger charge is -2.15. The summed E-state index contributed by atoms with van der Waals surface area (Å²) in [4.78, 5) is 13.1. The zero-order valence-electron chi connectivity index (χ0n) is 12.1. The van der Waals surface area contributed by atoms with Gasteiger partial charge >= 0.3 is 0 Å². The summed E-state index contributed by atoms with van der Waals surface area (Å²) in [6.45, 7) is 6.38. The maximum absolute atomic E-state index is 12.0. The molecule has 2 N–H and O–H groups in total. The predicted molar refractivity (Wildman–Crippen MR) is 85.3 cm³/mol. The standard InChI is InChI=1S/C16H20N2OS/c1-11-6-4-7-12(2)16(11)17-10-15(19)18-13(3)14-8-5-9-20-14/h4-9,13,17H,10H2,1-3H3,(H,18,19). The number of carbonyl (C=O) groups is 1. The lowest BCUT2D eigenvalue weighted by atomic mass is 10.1. The van der Waals surface area contributed by atoms with Crippen molar-refractivity contribution in [3.8, 4) is 0 Å². The Labute approximate surface area is 124 Å². The number of nitrogens with one attached hydrogen (secondary N) is 2. The van der Waals surface area contributed by atoms with Crippen molar-refractivity contribution in [1.82, 2.24) is 5.32 Å². The molecule has 0 spiro atoms. The van der Waals surface area contributed by atoms with Crippen LogP contribution in [0.3, 0.4) is 0 Å². The third-order valence-corrected chi connectivity index (χ3v) is 4.31. The summed E-state index contributed by atoms with van der Waals surface area (Å²) < 4.78 is 0. The molecule has 106 valence electrons. The van der Waals surface area contributed by atoms with Crippen molar-refractivity contribution in [1.29, 1.82) is 0 Å². The van der Waals surface area contributed by atoms with Crippen LogP contribution in [-0.2, 0) is 4.79 Å². The van der Waals surface area contributed by atoms with Gasteiger partial charge in [0.15, 0.2) is 0 Å². The normalized spacial score (nSPS) is 11.9. The van der Waals surface area contributed by atoms with Gasteiger partial charge in [0, 0.05) is 10.6 Å². The smallest absolute Gasteiger partial charge is 0.239 e. The van der Waals surface area contributed by atoms with Gasteiger partial charge in [-0.25, -0.2) is 0 Å². The lowest BCUT2D eigenvalue weighted by Crippen LogP contribution is -2.31. The highest BCUT2D eigenvalue weighted by atomic mass is 32.1. The fraction of sp³-hybridized carbons (Fsp3) is 0.312. The molecule has 1 aromatic carbocycles. The van der Waals surface area contributed by atoms with Crippen molar-refractivity contribution in [2.45, 2.75) is 26.8 Å². The summed E-state index contributed by atoms with van der Waals surface area (Å²) >= 11 is 1.66. The van der Waals surface area contributed by atoms with Crippen LogP contribution >= 0.6 is 11.3 Å². The van der Waals surface area contributed by atoms with Crippen molar-refractivity contribution < 1.29 is 4.79 Å². The number of hydrogen-bond acceptors (Lipinski definition) is 3. The molecular weight excluding hydrogens is 268 g/mol. The largest absolute Gasteiger partial charge is 0.376 e. The fourth-order valence-corrected chi connectivity index (χ4v) is 2.90. The number of para-hydroxylation sites is 1. The van der Waals surface area contributed by atoms with Crippen molar-refractivity contribution in [3.05, 3.63) is 51.7 Å². The maximum atomic E-state index is 12.0. The van der Waals surface area contributed by atoms with Crippen molar-refractivity contribution in [2.75, 3.05) is 11.9 Å². The van der Waals surface area contributed by atoms with Crippen LogP contribution in [0, 0.1) is 13.8 Å². The van der Waals surface area contributed by atoms with E-state index in [-0.39, 0.29) is 11.9 Å². The first kappa shape index (κ1) is 14.6. The Morgan fingerprint density at radius 1 is 1.20 bits per heavy atom. The molecule has 0 aliphatic heterocycles. The van der Waals surface area contributed by atoms with Gasteiger partial charge in [-0.3, -0.25) is 4.79 Å². The van der Waals surface area contributed by atoms with E-state index in [1.165, 1.54) is 4.88 Å². The summed E-state index contributed by atoms with van der Waals surface area (Å²) in [6, 6.07) is 10.2. The molecule has 1 unspecified atom stereocenters. The van der Waals surface area contributed by atoms with Gasteiger partial charge in [-0.2, -0.15) is 0 Å². The van der Waals surface area contributed by atoms with E-state index in [9.17, 15) is 4.79 Å². The van der Waals surface area contributed by atoms with Crippen LogP contribution in [0.5, 0.6) is 0 Å². The fourth-order valence-electron chi connectivity index (χ4n) is 2.16. The predicted octanol–water partition coefficient (Wildman–Crippen LogP) is 3.65. The number of hydrogen-bond donors (Lipinski definition) is 2. The van der Waals surface area contributed by atoms with Crippen LogP contribution in [0.2, 0.25) is 0 Å². The number of amides is 1. The molecule has 0 bridgehead atoms. The van der Waals surface area contributed by atoms with E-state index in [0.717, 1.165) is 16.8 Å². The first-order chi connectivity index (χ1) is 9.58. The molecule has 1 heterocycles. The van der Waals surface area contributed by atoms with E-state index in [0.29, 0.717) is 6.54 Å². The van der Waals surface area contributed by atoms with E-state index in [2.05, 4.69) is 10.6 Å². The quantitative estimate of drug-likeness (QED) is 0.881. The Balaban J connectivity index is 1.89. The number of carbonyl (C=O) groups excluding carboxylic acids is 1. The van der Waals surface area contributed by atoms with Gasteiger partial charge in [0.1, 0.15) is 0 Å². The summed E-state index contributed by atoms with van der Waals surface area (Å²) in [5, 5.41) is 8.24. The van der Waals surface area contributed by atoms with Gasteiger partial charge in [-0.05, 0) is 43.3 Å². The summed E-state index contributed by atoms with van der Waals surface area (Å²) in [5.41, 5.74) is 3.36. The van der Waals surface area contributed by atoms with Gasteiger partial charge in [0.05, 0.1) is 12.6 Å². The summed E-state index contributed by atoms with van der Waals surface area (Å²) in [6.07, 6.45) is 0. The zero-order chi connectivity index (χ0) is 14.5. The molecule has 0 radical (unpaired) electrons. The van der Waals surface area contributed by atoms with E-state index in [1.54, 1.807) is 11.3 Å². The molecule has 1 aromatic heterocycles. The first-order valence-corrected chi connectivity index (χ1v) is 7.58. The van der Waals surface area contributed by atoms with Crippen molar-refractivity contribution in [3.63, 3.8) is 0 Å². The van der Waals surface area contributed by atoms with Gasteiger partial charge < -0.3 is 10.6 Å². The molecule has 0 fully saturated rings. The molecule has 2 rings (SSSR count). The Hall–Kier alpha value is -1.81. The Morgan fingerprint density at radius 3 is 2.50 bits per heavy atom. The van der Waals surface area contributed by atoms with Crippen LogP contribution in [0.4, 0.5) is 5.69 Å². The zero-order valence-corrected chi connectivity index (χ0v) is 12.9. The molecule has 0 aliphatic carbocycles. The molecular formula is C16H20N2OS. The molecule has 1 atom stereocenters. The number of benzene rings is 1. The van der Waals surface area contributed by atoms with E-state index < -0.39 is 0 Å². The summed E-state index contributed by atoms with van der Waals surface area (Å²) in [5.74, 6) is 0.00792. The van der Waals surface area contributed by atoms with Gasteiger partial charge in [0.2, 0.25) is 5.91 Å². The maximum Gasteiger partial charge on any atom is 0.239 e. The second-order valence-electron chi connectivity index (χ2n) is 4.92. The molecule has 1 amide bonds. The average Bonchev–Trinajstić information content (AvgIpc) is 2.92. The number of anilines is 1. The minimum Gasteiger partial charge on any atom is -0.376 e. The lowest BCUT2D eigenvalue weighted by molar-refractivity contribution is -0.120. The molecule has 0 saturated carbocycles. The minimum absolute atomic E-state index is 0.00792. The van der Waals surface area contributed by atoms with Gasteiger partial charge in [-0.1, -0.05) is 24.3 Å². The molecule has 2 aromatic rings. The van der Waals surface area contributed by atoms with E-state index >= 15 is 0 Å². The van der Waals surface area contributed by atoms with Crippen LogP contribution < -0.4 is 10.6 Å². The van der Waals surface area contributed by atoms with E-state index in [1.807, 2.05) is 56.5 Å². The monoisotopic (exact) mass is 288 g/mol. The molecule has 20 heavy (non-hydrogen) atoms. The van der Waals surface area contributed by atoms with Crippen LogP contribution in [0.25, 0.3) is 0 Å². The average molecular weight is 288 g/mol. The number of aryl methyl sites for hydroxylation is 2. The van der Waals surface area contributed by atoms with Crippen molar-refractivity contribution >= 4 is 22.9 Å². The van der Waals surface area contributed by atoms with Gasteiger partial charge in [0.25, 0.3) is 0 Å². The second-order valence-corrected chi connectivity index (χ2v) is 5.90. The molecule has 0 aliphatic rings. The van der Waals surface area contributed by atoms with Crippen molar-refractivity contribution in [2.24, 2.45) is 0 Å². The Morgan fingerprint density at radius 2 is 1.90 bits per heavy atom. The summed E-state index contributed by atoms with van der Waals surface area (Å²) in [7, 11) is 0. The SMILES string of the molecule is Cc1cccc(C)c1NCC(=O)NC(C)c1cccs1. The van der Waals surface area contributed by atoms with Crippen LogP contribution in [0.15, 0.2) is 35.7 Å². The highest BCUT2D eigenvalue weighted by Gasteiger charge is 2.10. The van der Waals surface area contributed by atoms with E-state index in [4.69, 9.17) is 0 Å². The third-order valence-electron chi connectivity index (χ3n) is 3.25. The minimum atomic E-state index is 0.00792. The second kappa shape index (κ2) is 6.57. The highest BCUT2D eigenvalue weighted by molar-refractivity contribution is 7.10. The Bertz CT molecular complexity index is 558.